The number of carbonyl (C=O) groups excluding carboxylic acids is 1. The Kier molecular flexibility index (Phi) is 7.26. The predicted octanol–water partition coefficient (Wildman–Crippen LogP) is 2.79. The van der Waals surface area contributed by atoms with Crippen molar-refractivity contribution < 1.29 is 13.2 Å². The molecule has 168 valence electrons. The Morgan fingerprint density at radius 3 is 2.44 bits per heavy atom. The molecule has 5 N–H and O–H groups in total. The molecule has 2 aromatic carbocycles. The second kappa shape index (κ2) is 9.92. The average Bonchev–Trinajstić information content (AvgIpc) is 3.07. The number of aryl methyl sites for hydroxylation is 2. The predicted molar refractivity (Wildman–Crippen MR) is 128 cm³/mol. The Balaban J connectivity index is 1.81. The topological polar surface area (TPSA) is 141 Å². The SMILES string of the molecule is CC(=O)Nc1nc(CCc2ccc(N=C(N)N)cc2)c(Cc2cccc(S(C)(=O)=O)c2)s1. The van der Waals surface area contributed by atoms with Gasteiger partial charge in [-0.15, -0.1) is 11.3 Å². The molecule has 0 atom stereocenters. The van der Waals surface area contributed by atoms with Gasteiger partial charge >= 0.3 is 0 Å². The van der Waals surface area contributed by atoms with E-state index in [0.29, 0.717) is 23.7 Å². The van der Waals surface area contributed by atoms with E-state index >= 15 is 0 Å². The number of thiazole rings is 1. The third kappa shape index (κ3) is 6.63. The number of guanidine groups is 1. The minimum absolute atomic E-state index is 0.00954. The van der Waals surface area contributed by atoms with Gasteiger partial charge in [0, 0.05) is 24.5 Å². The zero-order valence-electron chi connectivity index (χ0n) is 17.8. The van der Waals surface area contributed by atoms with Crippen LogP contribution in [0.15, 0.2) is 58.4 Å². The fraction of sp³-hybridized carbons (Fsp3) is 0.227. The highest BCUT2D eigenvalue weighted by molar-refractivity contribution is 7.90. The first-order valence-electron chi connectivity index (χ1n) is 9.84. The van der Waals surface area contributed by atoms with Crippen molar-refractivity contribution in [3.8, 4) is 0 Å². The lowest BCUT2D eigenvalue weighted by Gasteiger charge is -2.06. The van der Waals surface area contributed by atoms with Gasteiger partial charge in [0.05, 0.1) is 16.3 Å². The van der Waals surface area contributed by atoms with Crippen LogP contribution in [0, 0.1) is 0 Å². The second-order valence-electron chi connectivity index (χ2n) is 7.37. The van der Waals surface area contributed by atoms with Gasteiger partial charge in [0.25, 0.3) is 0 Å². The Morgan fingerprint density at radius 1 is 1.09 bits per heavy atom. The molecular formula is C22H25N5O3S2. The summed E-state index contributed by atoms with van der Waals surface area (Å²) in [6.07, 6.45) is 3.12. The number of carbonyl (C=O) groups is 1. The van der Waals surface area contributed by atoms with Crippen molar-refractivity contribution in [1.29, 1.82) is 0 Å². The Labute approximate surface area is 191 Å². The molecule has 3 aromatic rings. The zero-order valence-corrected chi connectivity index (χ0v) is 19.5. The lowest BCUT2D eigenvalue weighted by atomic mass is 10.0. The number of amides is 1. The van der Waals surface area contributed by atoms with E-state index in [1.807, 2.05) is 30.3 Å². The van der Waals surface area contributed by atoms with Gasteiger partial charge in [-0.25, -0.2) is 18.4 Å². The van der Waals surface area contributed by atoms with Crippen LogP contribution in [0.1, 0.15) is 28.6 Å². The number of anilines is 1. The summed E-state index contributed by atoms with van der Waals surface area (Å²) in [5, 5.41) is 3.28. The average molecular weight is 472 g/mol. The van der Waals surface area contributed by atoms with E-state index in [9.17, 15) is 13.2 Å². The van der Waals surface area contributed by atoms with Crippen LogP contribution < -0.4 is 16.8 Å². The van der Waals surface area contributed by atoms with Gasteiger partial charge in [0.1, 0.15) is 0 Å². The molecule has 0 saturated heterocycles. The molecular weight excluding hydrogens is 446 g/mol. The van der Waals surface area contributed by atoms with Crippen molar-refractivity contribution in [2.75, 3.05) is 11.6 Å². The van der Waals surface area contributed by atoms with Crippen LogP contribution in [-0.4, -0.2) is 31.5 Å². The Bertz CT molecular complexity index is 1240. The Hall–Kier alpha value is -3.24. The molecule has 0 radical (unpaired) electrons. The molecule has 1 amide bonds. The normalized spacial score (nSPS) is 11.2. The summed E-state index contributed by atoms with van der Waals surface area (Å²) in [5.74, 6) is -0.179. The minimum Gasteiger partial charge on any atom is -0.370 e. The number of nitrogens with zero attached hydrogens (tertiary/aromatic N) is 2. The van der Waals surface area contributed by atoms with Crippen LogP contribution >= 0.6 is 11.3 Å². The quantitative estimate of drug-likeness (QED) is 0.341. The first kappa shape index (κ1) is 23.4. The summed E-state index contributed by atoms with van der Waals surface area (Å²) in [4.78, 5) is 21.4. The maximum absolute atomic E-state index is 11.9. The standard InChI is InChI=1S/C22H25N5O3S2/c1-14(28)25-22-27-19(11-8-15-6-9-17(10-7-15)26-21(23)24)20(31-22)13-16-4-3-5-18(12-16)32(2,29)30/h3-7,9-10,12H,8,11,13H2,1-2H3,(H4,23,24,26)(H,25,27,28). The molecule has 0 spiro atoms. The van der Waals surface area contributed by atoms with Crippen LogP contribution in [0.25, 0.3) is 0 Å². The van der Waals surface area contributed by atoms with Gasteiger partial charge in [-0.1, -0.05) is 24.3 Å². The molecule has 0 fully saturated rings. The van der Waals surface area contributed by atoms with Gasteiger partial charge in [-0.3, -0.25) is 4.79 Å². The number of benzene rings is 2. The van der Waals surface area contributed by atoms with E-state index in [1.54, 1.807) is 18.2 Å². The smallest absolute Gasteiger partial charge is 0.223 e. The first-order chi connectivity index (χ1) is 15.1. The fourth-order valence-corrected chi connectivity index (χ4v) is 4.92. The summed E-state index contributed by atoms with van der Waals surface area (Å²) in [6.45, 7) is 1.44. The van der Waals surface area contributed by atoms with E-state index in [4.69, 9.17) is 11.5 Å². The van der Waals surface area contributed by atoms with Gasteiger partial charge in [0.15, 0.2) is 20.9 Å². The molecule has 10 heteroatoms. The van der Waals surface area contributed by atoms with Crippen molar-refractivity contribution >= 4 is 43.9 Å². The molecule has 0 unspecified atom stereocenters. The lowest BCUT2D eigenvalue weighted by molar-refractivity contribution is -0.114. The monoisotopic (exact) mass is 471 g/mol. The molecule has 3 rings (SSSR count). The van der Waals surface area contributed by atoms with E-state index in [0.717, 1.165) is 28.1 Å². The number of nitrogens with one attached hydrogen (secondary N) is 1. The van der Waals surface area contributed by atoms with Crippen LogP contribution in [0.5, 0.6) is 0 Å². The first-order valence-corrected chi connectivity index (χ1v) is 12.5. The number of rotatable bonds is 8. The number of nitrogens with two attached hydrogens (primary N) is 2. The number of aliphatic imine (C=N–C) groups is 1. The largest absolute Gasteiger partial charge is 0.370 e. The van der Waals surface area contributed by atoms with Crippen molar-refractivity contribution in [1.82, 2.24) is 4.98 Å². The third-order valence-electron chi connectivity index (χ3n) is 4.60. The number of hydrogen-bond acceptors (Lipinski definition) is 6. The van der Waals surface area contributed by atoms with Gasteiger partial charge < -0.3 is 16.8 Å². The highest BCUT2D eigenvalue weighted by Crippen LogP contribution is 2.28. The minimum atomic E-state index is -3.29. The summed E-state index contributed by atoms with van der Waals surface area (Å²) in [7, 11) is -3.29. The molecule has 1 aromatic heterocycles. The van der Waals surface area contributed by atoms with Gasteiger partial charge in [-0.05, 0) is 48.2 Å². The summed E-state index contributed by atoms with van der Waals surface area (Å²) in [6, 6.07) is 14.5. The maximum atomic E-state index is 11.9. The van der Waals surface area contributed by atoms with Crippen molar-refractivity contribution in [3.63, 3.8) is 0 Å². The number of aromatic nitrogens is 1. The molecule has 0 aliphatic rings. The molecule has 8 nitrogen and oxygen atoms in total. The molecule has 32 heavy (non-hydrogen) atoms. The van der Waals surface area contributed by atoms with Crippen molar-refractivity contribution in [2.45, 2.75) is 31.1 Å². The van der Waals surface area contributed by atoms with Crippen LogP contribution in [0.4, 0.5) is 10.8 Å². The highest BCUT2D eigenvalue weighted by atomic mass is 32.2. The fourth-order valence-electron chi connectivity index (χ4n) is 3.14. The van der Waals surface area contributed by atoms with Crippen molar-refractivity contribution in [3.05, 3.63) is 70.2 Å². The van der Waals surface area contributed by atoms with Gasteiger partial charge in [-0.2, -0.15) is 0 Å². The summed E-state index contributed by atoms with van der Waals surface area (Å²) < 4.78 is 23.8. The maximum Gasteiger partial charge on any atom is 0.223 e. The van der Waals surface area contributed by atoms with Gasteiger partial charge in [0.2, 0.25) is 5.91 Å². The van der Waals surface area contributed by atoms with Crippen LogP contribution in [0.2, 0.25) is 0 Å². The molecule has 0 bridgehead atoms. The molecule has 0 aliphatic heterocycles. The van der Waals surface area contributed by atoms with E-state index in [-0.39, 0.29) is 16.8 Å². The third-order valence-corrected chi connectivity index (χ3v) is 6.72. The Morgan fingerprint density at radius 2 is 1.81 bits per heavy atom. The highest BCUT2D eigenvalue weighted by Gasteiger charge is 2.15. The van der Waals surface area contributed by atoms with E-state index in [2.05, 4.69) is 15.3 Å². The summed E-state index contributed by atoms with van der Waals surface area (Å²) in [5.41, 5.74) is 14.3. The molecule has 1 heterocycles. The number of sulfone groups is 1. The zero-order chi connectivity index (χ0) is 23.3. The van der Waals surface area contributed by atoms with Crippen molar-refractivity contribution in [2.24, 2.45) is 16.5 Å². The van der Waals surface area contributed by atoms with Crippen LogP contribution in [0.3, 0.4) is 0 Å². The summed E-state index contributed by atoms with van der Waals surface area (Å²) >= 11 is 1.40. The van der Waals surface area contributed by atoms with Crippen LogP contribution in [-0.2, 0) is 33.9 Å². The van der Waals surface area contributed by atoms with E-state index in [1.165, 1.54) is 24.5 Å². The van der Waals surface area contributed by atoms with E-state index < -0.39 is 9.84 Å². The second-order valence-corrected chi connectivity index (χ2v) is 10.5. The lowest BCUT2D eigenvalue weighted by Crippen LogP contribution is -2.21. The molecule has 0 aliphatic carbocycles. The number of hydrogen-bond donors (Lipinski definition) is 3. The molecule has 0 saturated carbocycles.